The second kappa shape index (κ2) is 4.66. The number of benzene rings is 1. The van der Waals surface area contributed by atoms with Crippen LogP contribution in [-0.2, 0) is 6.54 Å². The first-order chi connectivity index (χ1) is 10.2. The van der Waals surface area contributed by atoms with Crippen LogP contribution in [0.5, 0.6) is 0 Å². The van der Waals surface area contributed by atoms with Crippen LogP contribution >= 0.6 is 11.3 Å². The Morgan fingerprint density at radius 3 is 3.00 bits per heavy atom. The zero-order valence-corrected chi connectivity index (χ0v) is 12.2. The third-order valence-corrected chi connectivity index (χ3v) is 4.63. The largest absolute Gasteiger partial charge is 0.417 e. The van der Waals surface area contributed by atoms with E-state index in [-0.39, 0.29) is 0 Å². The van der Waals surface area contributed by atoms with Crippen LogP contribution in [-0.4, -0.2) is 11.0 Å². The van der Waals surface area contributed by atoms with Crippen molar-refractivity contribution in [3.63, 3.8) is 0 Å². The molecule has 108 valence electrons. The van der Waals surface area contributed by atoms with Gasteiger partial charge in [0.15, 0.2) is 5.58 Å². The van der Waals surface area contributed by atoms with E-state index in [9.17, 15) is 4.79 Å². The Labute approximate surface area is 125 Å². The Morgan fingerprint density at radius 2 is 2.29 bits per heavy atom. The summed E-state index contributed by atoms with van der Waals surface area (Å²) in [5.41, 5.74) is 9.00. The topological polar surface area (TPSA) is 75.3 Å². The third kappa shape index (κ3) is 2.31. The molecule has 0 saturated heterocycles. The minimum Gasteiger partial charge on any atom is -0.408 e. The second-order valence-corrected chi connectivity index (χ2v) is 6.39. The lowest BCUT2D eigenvalue weighted by molar-refractivity contribution is 0.555. The molecule has 3 N–H and O–H groups in total. The normalized spacial score (nSPS) is 14.7. The maximum Gasteiger partial charge on any atom is 0.417 e. The highest BCUT2D eigenvalue weighted by Crippen LogP contribution is 2.38. The van der Waals surface area contributed by atoms with Gasteiger partial charge >= 0.3 is 5.76 Å². The van der Waals surface area contributed by atoms with Crippen LogP contribution < -0.4 is 16.4 Å². The Hall–Kier alpha value is -2.21. The van der Waals surface area contributed by atoms with E-state index >= 15 is 0 Å². The van der Waals surface area contributed by atoms with E-state index in [1.807, 2.05) is 6.07 Å². The summed E-state index contributed by atoms with van der Waals surface area (Å²) in [6, 6.07) is 8.37. The average Bonchev–Trinajstić information content (AvgIpc) is 3.03. The molecule has 0 radical (unpaired) electrons. The summed E-state index contributed by atoms with van der Waals surface area (Å²) >= 11 is 1.75. The Morgan fingerprint density at radius 1 is 1.43 bits per heavy atom. The van der Waals surface area contributed by atoms with E-state index in [0.29, 0.717) is 22.8 Å². The van der Waals surface area contributed by atoms with Crippen molar-refractivity contribution in [2.75, 3.05) is 10.6 Å². The monoisotopic (exact) mass is 301 g/mol. The van der Waals surface area contributed by atoms with Gasteiger partial charge in [-0.15, -0.1) is 11.3 Å². The van der Waals surface area contributed by atoms with Gasteiger partial charge in [-0.25, -0.2) is 4.79 Å². The fourth-order valence-corrected chi connectivity index (χ4v) is 3.32. The van der Waals surface area contributed by atoms with Crippen molar-refractivity contribution < 1.29 is 4.42 Å². The highest BCUT2D eigenvalue weighted by atomic mass is 32.1. The van der Waals surface area contributed by atoms with E-state index in [1.54, 1.807) is 17.4 Å². The molecule has 0 unspecified atom stereocenters. The lowest BCUT2D eigenvalue weighted by Crippen LogP contribution is -2.25. The number of aromatic amines is 1. The van der Waals surface area contributed by atoms with Gasteiger partial charge in [-0.2, -0.15) is 0 Å². The average molecular weight is 301 g/mol. The van der Waals surface area contributed by atoms with Crippen molar-refractivity contribution in [3.05, 3.63) is 45.1 Å². The Balaban J connectivity index is 1.77. The molecule has 2 heterocycles. The molecule has 4 rings (SSSR count). The number of nitrogens with zero attached hydrogens (tertiary/aromatic N) is 1. The maximum atomic E-state index is 11.3. The summed E-state index contributed by atoms with van der Waals surface area (Å²) in [5.74, 6) is -0.447. The molecule has 21 heavy (non-hydrogen) atoms. The molecule has 0 spiro atoms. The molecule has 1 aliphatic carbocycles. The summed E-state index contributed by atoms with van der Waals surface area (Å²) < 4.78 is 5.06. The van der Waals surface area contributed by atoms with Crippen molar-refractivity contribution in [1.29, 1.82) is 0 Å². The van der Waals surface area contributed by atoms with Gasteiger partial charge in [-0.05, 0) is 30.4 Å². The maximum absolute atomic E-state index is 11.3. The minimum atomic E-state index is -0.447. The van der Waals surface area contributed by atoms with Crippen molar-refractivity contribution in [2.24, 2.45) is 0 Å². The molecule has 2 aromatic heterocycles. The standard InChI is InChI=1S/C15H15N3O2S/c16-11-6-14-12(17-15(19)20-14)7-13(11)18(9-3-4-9)8-10-2-1-5-21-10/h1-2,5-7,9H,3-4,8,16H2,(H,17,19). The van der Waals surface area contributed by atoms with Gasteiger partial charge in [0.05, 0.1) is 23.4 Å². The number of thiophene rings is 1. The number of aromatic nitrogens is 1. The van der Waals surface area contributed by atoms with Gasteiger partial charge in [-0.1, -0.05) is 6.07 Å². The highest BCUT2D eigenvalue weighted by Gasteiger charge is 2.31. The lowest BCUT2D eigenvalue weighted by Gasteiger charge is -2.25. The Bertz CT molecular complexity index is 830. The number of oxazole rings is 1. The summed E-state index contributed by atoms with van der Waals surface area (Å²) in [5, 5.41) is 2.08. The summed E-state index contributed by atoms with van der Waals surface area (Å²) in [6.45, 7) is 0.847. The van der Waals surface area contributed by atoms with Crippen LogP contribution in [0.2, 0.25) is 0 Å². The fraction of sp³-hybridized carbons (Fsp3) is 0.267. The number of hydrogen-bond donors (Lipinski definition) is 2. The Kier molecular flexibility index (Phi) is 2.78. The summed E-state index contributed by atoms with van der Waals surface area (Å²) in [6.07, 6.45) is 2.37. The molecular weight excluding hydrogens is 286 g/mol. The van der Waals surface area contributed by atoms with Gasteiger partial charge in [0.1, 0.15) is 0 Å². The van der Waals surface area contributed by atoms with Gasteiger partial charge in [0, 0.05) is 17.0 Å². The van der Waals surface area contributed by atoms with Crippen molar-refractivity contribution in [2.45, 2.75) is 25.4 Å². The molecule has 1 aliphatic rings. The molecule has 0 atom stereocenters. The molecule has 6 heteroatoms. The lowest BCUT2D eigenvalue weighted by atomic mass is 10.2. The molecule has 5 nitrogen and oxygen atoms in total. The van der Waals surface area contributed by atoms with Gasteiger partial charge < -0.3 is 15.1 Å². The number of nitrogens with one attached hydrogen (secondary N) is 1. The van der Waals surface area contributed by atoms with Crippen LogP contribution in [0.25, 0.3) is 11.1 Å². The van der Waals surface area contributed by atoms with Crippen LogP contribution in [0, 0.1) is 0 Å². The van der Waals surface area contributed by atoms with Crippen LogP contribution in [0.4, 0.5) is 11.4 Å². The zero-order valence-electron chi connectivity index (χ0n) is 11.3. The molecule has 1 aromatic carbocycles. The first kappa shape index (κ1) is 12.5. The number of rotatable bonds is 4. The van der Waals surface area contributed by atoms with E-state index in [2.05, 4.69) is 27.4 Å². The van der Waals surface area contributed by atoms with Crippen molar-refractivity contribution in [3.8, 4) is 0 Å². The number of hydrogen-bond acceptors (Lipinski definition) is 5. The SMILES string of the molecule is Nc1cc2oc(=O)[nH]c2cc1N(Cc1cccs1)C1CC1. The van der Waals surface area contributed by atoms with Crippen molar-refractivity contribution >= 4 is 33.8 Å². The summed E-state index contributed by atoms with van der Waals surface area (Å²) in [4.78, 5) is 17.6. The summed E-state index contributed by atoms with van der Waals surface area (Å²) in [7, 11) is 0. The predicted octanol–water partition coefficient (Wildman–Crippen LogP) is 2.93. The smallest absolute Gasteiger partial charge is 0.408 e. The first-order valence-corrected chi connectivity index (χ1v) is 7.80. The molecular formula is C15H15N3O2S. The predicted molar refractivity (Wildman–Crippen MR) is 84.8 cm³/mol. The van der Waals surface area contributed by atoms with E-state index in [0.717, 1.165) is 12.2 Å². The van der Waals surface area contributed by atoms with Gasteiger partial charge in [0.2, 0.25) is 0 Å². The van der Waals surface area contributed by atoms with Crippen molar-refractivity contribution in [1.82, 2.24) is 4.98 Å². The third-order valence-electron chi connectivity index (χ3n) is 3.77. The molecule has 3 aromatic rings. The van der Waals surface area contributed by atoms with Crippen LogP contribution in [0.3, 0.4) is 0 Å². The fourth-order valence-electron chi connectivity index (χ4n) is 2.62. The number of nitrogens with two attached hydrogens (primary N) is 1. The van der Waals surface area contributed by atoms with Gasteiger partial charge in [0.25, 0.3) is 0 Å². The van der Waals surface area contributed by atoms with Crippen LogP contribution in [0.1, 0.15) is 17.7 Å². The molecule has 0 aliphatic heterocycles. The van der Waals surface area contributed by atoms with E-state index in [1.165, 1.54) is 17.7 Å². The zero-order chi connectivity index (χ0) is 14.4. The molecule has 1 saturated carbocycles. The highest BCUT2D eigenvalue weighted by molar-refractivity contribution is 7.09. The number of fused-ring (bicyclic) bond motifs is 1. The van der Waals surface area contributed by atoms with Gasteiger partial charge in [-0.3, -0.25) is 4.98 Å². The van der Waals surface area contributed by atoms with Crippen LogP contribution in [0.15, 0.2) is 38.9 Å². The molecule has 0 bridgehead atoms. The molecule has 0 amide bonds. The number of anilines is 2. The minimum absolute atomic E-state index is 0.447. The van der Waals surface area contributed by atoms with E-state index < -0.39 is 5.76 Å². The second-order valence-electron chi connectivity index (χ2n) is 5.36. The quantitative estimate of drug-likeness (QED) is 0.727. The first-order valence-electron chi connectivity index (χ1n) is 6.92. The van der Waals surface area contributed by atoms with E-state index in [4.69, 9.17) is 10.2 Å². The molecule has 1 fully saturated rings. The number of H-pyrrole nitrogens is 1. The number of nitrogen functional groups attached to an aromatic ring is 1.